The van der Waals surface area contributed by atoms with E-state index in [-0.39, 0.29) is 36.2 Å². The highest BCUT2D eigenvalue weighted by atomic mass is 19.1. The Morgan fingerprint density at radius 2 is 1.69 bits per heavy atom. The molecule has 3 aliphatic heterocycles. The number of hydrogen-bond acceptors (Lipinski definition) is 6. The van der Waals surface area contributed by atoms with E-state index in [0.717, 1.165) is 44.8 Å². The molecule has 4 rings (SSSR count). The Kier molecular flexibility index (Phi) is 7.87. The van der Waals surface area contributed by atoms with Crippen LogP contribution in [0.15, 0.2) is 24.3 Å². The van der Waals surface area contributed by atoms with Crippen molar-refractivity contribution >= 4 is 23.5 Å². The van der Waals surface area contributed by atoms with E-state index >= 15 is 0 Å². The van der Waals surface area contributed by atoms with Gasteiger partial charge in [0.25, 0.3) is 0 Å². The molecule has 0 radical (unpaired) electrons. The minimum atomic E-state index is -0.537. The zero-order valence-corrected chi connectivity index (χ0v) is 21.7. The van der Waals surface area contributed by atoms with Gasteiger partial charge in [0.1, 0.15) is 11.9 Å². The van der Waals surface area contributed by atoms with Crippen LogP contribution >= 0.6 is 0 Å². The van der Waals surface area contributed by atoms with Gasteiger partial charge in [-0.15, -0.1) is 0 Å². The molecule has 0 saturated carbocycles. The summed E-state index contributed by atoms with van der Waals surface area (Å²) in [5, 5.41) is 2.71. The highest BCUT2D eigenvalue weighted by molar-refractivity contribution is 5.87. The van der Waals surface area contributed by atoms with Crippen molar-refractivity contribution in [3.05, 3.63) is 30.1 Å². The summed E-state index contributed by atoms with van der Waals surface area (Å²) in [4.78, 5) is 43.8. The van der Waals surface area contributed by atoms with Crippen molar-refractivity contribution in [2.75, 3.05) is 57.3 Å². The molecule has 9 heteroatoms. The number of cyclic esters (lactones) is 1. The largest absolute Gasteiger partial charge is 0.462 e. The van der Waals surface area contributed by atoms with E-state index in [1.54, 1.807) is 4.90 Å². The molecule has 3 saturated heterocycles. The third-order valence-corrected chi connectivity index (χ3v) is 7.81. The van der Waals surface area contributed by atoms with Crippen molar-refractivity contribution < 1.29 is 23.5 Å². The maximum absolute atomic E-state index is 13.2. The maximum atomic E-state index is 13.2. The first-order valence-electron chi connectivity index (χ1n) is 13.1. The van der Waals surface area contributed by atoms with E-state index in [9.17, 15) is 18.8 Å². The summed E-state index contributed by atoms with van der Waals surface area (Å²) >= 11 is 0. The summed E-state index contributed by atoms with van der Waals surface area (Å²) in [5.41, 5.74) is 0.0201. The Bertz CT molecular complexity index is 946. The average Bonchev–Trinajstić information content (AvgIpc) is 3.16. The zero-order valence-electron chi connectivity index (χ0n) is 21.7. The molecule has 1 spiro atoms. The number of piperidine rings is 1. The first-order valence-corrected chi connectivity index (χ1v) is 13.1. The lowest BCUT2D eigenvalue weighted by atomic mass is 9.75. The summed E-state index contributed by atoms with van der Waals surface area (Å²) in [6.45, 7) is 11.0. The molecule has 2 amide bonds. The lowest BCUT2D eigenvalue weighted by Gasteiger charge is -2.37. The topological polar surface area (TPSA) is 82.2 Å². The van der Waals surface area contributed by atoms with E-state index < -0.39 is 10.8 Å². The highest BCUT2D eigenvalue weighted by Crippen LogP contribution is 2.44. The van der Waals surface area contributed by atoms with Crippen LogP contribution in [0.3, 0.4) is 0 Å². The lowest BCUT2D eigenvalue weighted by Crippen LogP contribution is -2.49. The summed E-state index contributed by atoms with van der Waals surface area (Å²) < 4.78 is 19.0. The Labute approximate surface area is 213 Å². The van der Waals surface area contributed by atoms with Crippen LogP contribution in [0.2, 0.25) is 0 Å². The smallest absolute Gasteiger partial charge is 0.312 e. The van der Waals surface area contributed by atoms with Gasteiger partial charge in [0.15, 0.2) is 0 Å². The highest BCUT2D eigenvalue weighted by Gasteiger charge is 2.50. The predicted molar refractivity (Wildman–Crippen MR) is 135 cm³/mol. The summed E-state index contributed by atoms with van der Waals surface area (Å²) in [6, 6.07) is 6.64. The standard InChI is InChI=1S/C27H39FN4O4/c1-26(2,3)24(34)29-19-23(33)32-12-9-27(10-13-32)18-22(36-25(27)35)8-11-30-14-16-31(17-15-30)21-6-4-20(28)5-7-21/h4-7,22H,8-19H2,1-3H3,(H,29,34)/t22-/m0/s1. The molecule has 1 atom stereocenters. The number of carbonyl (C=O) groups excluding carboxylic acids is 3. The third-order valence-electron chi connectivity index (χ3n) is 7.81. The molecule has 198 valence electrons. The minimum Gasteiger partial charge on any atom is -0.462 e. The van der Waals surface area contributed by atoms with E-state index in [2.05, 4.69) is 15.1 Å². The number of benzene rings is 1. The molecule has 0 aliphatic carbocycles. The fourth-order valence-electron chi connectivity index (χ4n) is 5.33. The molecule has 1 aromatic rings. The predicted octanol–water partition coefficient (Wildman–Crippen LogP) is 2.42. The van der Waals surface area contributed by atoms with Gasteiger partial charge in [-0.2, -0.15) is 0 Å². The van der Waals surface area contributed by atoms with Crippen LogP contribution in [-0.2, 0) is 19.1 Å². The van der Waals surface area contributed by atoms with Gasteiger partial charge in [0, 0.05) is 63.3 Å². The van der Waals surface area contributed by atoms with E-state index in [1.165, 1.54) is 12.1 Å². The van der Waals surface area contributed by atoms with Gasteiger partial charge >= 0.3 is 5.97 Å². The van der Waals surface area contributed by atoms with Crippen LogP contribution in [0.5, 0.6) is 0 Å². The third kappa shape index (κ3) is 6.17. The Morgan fingerprint density at radius 3 is 2.31 bits per heavy atom. The fraction of sp³-hybridized carbons (Fsp3) is 0.667. The van der Waals surface area contributed by atoms with Crippen molar-refractivity contribution in [2.24, 2.45) is 10.8 Å². The zero-order chi connectivity index (χ0) is 25.9. The number of esters is 1. The lowest BCUT2D eigenvalue weighted by molar-refractivity contribution is -0.152. The van der Waals surface area contributed by atoms with Gasteiger partial charge in [-0.05, 0) is 43.5 Å². The molecule has 8 nitrogen and oxygen atoms in total. The van der Waals surface area contributed by atoms with Crippen LogP contribution in [0.25, 0.3) is 0 Å². The molecule has 1 N–H and O–H groups in total. The van der Waals surface area contributed by atoms with Crippen molar-refractivity contribution in [1.82, 2.24) is 15.1 Å². The van der Waals surface area contributed by atoms with Crippen molar-refractivity contribution in [2.45, 2.75) is 52.6 Å². The number of likely N-dealkylation sites (tertiary alicyclic amines) is 1. The van der Waals surface area contributed by atoms with Crippen LogP contribution < -0.4 is 10.2 Å². The van der Waals surface area contributed by atoms with Crippen molar-refractivity contribution in [1.29, 1.82) is 0 Å². The van der Waals surface area contributed by atoms with E-state index in [1.807, 2.05) is 32.9 Å². The van der Waals surface area contributed by atoms with Gasteiger partial charge in [-0.3, -0.25) is 19.3 Å². The van der Waals surface area contributed by atoms with Gasteiger partial charge < -0.3 is 19.9 Å². The van der Waals surface area contributed by atoms with Gasteiger partial charge in [0.05, 0.1) is 12.0 Å². The van der Waals surface area contributed by atoms with Gasteiger partial charge in [-0.1, -0.05) is 20.8 Å². The molecule has 0 unspecified atom stereocenters. The second-order valence-electron chi connectivity index (χ2n) is 11.4. The number of ether oxygens (including phenoxy) is 1. The number of nitrogens with one attached hydrogen (secondary N) is 1. The molecule has 3 aliphatic rings. The second-order valence-corrected chi connectivity index (χ2v) is 11.4. The van der Waals surface area contributed by atoms with E-state index in [4.69, 9.17) is 4.74 Å². The maximum Gasteiger partial charge on any atom is 0.312 e. The van der Waals surface area contributed by atoms with Crippen LogP contribution in [0, 0.1) is 16.6 Å². The first kappa shape index (κ1) is 26.4. The second kappa shape index (κ2) is 10.7. The first-order chi connectivity index (χ1) is 17.1. The van der Waals surface area contributed by atoms with E-state index in [0.29, 0.717) is 32.4 Å². The molecule has 0 bridgehead atoms. The molecule has 3 fully saturated rings. The fourth-order valence-corrected chi connectivity index (χ4v) is 5.33. The molecule has 1 aromatic carbocycles. The minimum absolute atomic E-state index is 0.00933. The number of rotatable bonds is 6. The Hall–Kier alpha value is -2.68. The summed E-state index contributed by atoms with van der Waals surface area (Å²) in [7, 11) is 0. The molecule has 36 heavy (non-hydrogen) atoms. The Morgan fingerprint density at radius 1 is 1.06 bits per heavy atom. The average molecular weight is 503 g/mol. The van der Waals surface area contributed by atoms with Crippen molar-refractivity contribution in [3.8, 4) is 0 Å². The number of piperazine rings is 1. The van der Waals surface area contributed by atoms with Gasteiger partial charge in [-0.25, -0.2) is 4.39 Å². The molecular formula is C27H39FN4O4. The van der Waals surface area contributed by atoms with Crippen molar-refractivity contribution in [3.63, 3.8) is 0 Å². The Balaban J connectivity index is 1.18. The van der Waals surface area contributed by atoms with Crippen LogP contribution in [0.4, 0.5) is 10.1 Å². The SMILES string of the molecule is CC(C)(C)C(=O)NCC(=O)N1CCC2(CC1)C[C@H](CCN1CCN(c3ccc(F)cc3)CC1)OC2=O. The monoisotopic (exact) mass is 502 g/mol. The quantitative estimate of drug-likeness (QED) is 0.602. The van der Waals surface area contributed by atoms with Gasteiger partial charge in [0.2, 0.25) is 11.8 Å². The summed E-state index contributed by atoms with van der Waals surface area (Å²) in [6.07, 6.45) is 2.66. The number of hydrogen-bond donors (Lipinski definition) is 1. The molecule has 3 heterocycles. The summed E-state index contributed by atoms with van der Waals surface area (Å²) in [5.74, 6) is -0.599. The number of nitrogens with zero attached hydrogens (tertiary/aromatic N) is 3. The molecule has 0 aromatic heterocycles. The number of halogens is 1. The van der Waals surface area contributed by atoms with Crippen LogP contribution in [-0.4, -0.2) is 86.0 Å². The number of carbonyl (C=O) groups is 3. The number of amides is 2. The van der Waals surface area contributed by atoms with Crippen LogP contribution in [0.1, 0.15) is 46.5 Å². The normalized spacial score (nSPS) is 22.6. The number of anilines is 1. The molecular weight excluding hydrogens is 463 g/mol.